The molecular formula is C14H19F2NOS. The van der Waals surface area contributed by atoms with Crippen molar-refractivity contribution in [1.29, 1.82) is 0 Å². The summed E-state index contributed by atoms with van der Waals surface area (Å²) in [7, 11) is 0. The van der Waals surface area contributed by atoms with Gasteiger partial charge in [-0.2, -0.15) is 0 Å². The molecule has 2 rings (SSSR count). The van der Waals surface area contributed by atoms with Crippen LogP contribution in [0.5, 0.6) is 0 Å². The van der Waals surface area contributed by atoms with Crippen molar-refractivity contribution in [3.05, 3.63) is 29.8 Å². The average molecular weight is 287 g/mol. The molecule has 106 valence electrons. The highest BCUT2D eigenvalue weighted by atomic mass is 32.2. The molecule has 1 aromatic carbocycles. The lowest BCUT2D eigenvalue weighted by molar-refractivity contribution is 0.169. The van der Waals surface area contributed by atoms with Crippen LogP contribution in [-0.4, -0.2) is 29.0 Å². The Morgan fingerprint density at radius 2 is 2.16 bits per heavy atom. The molecule has 19 heavy (non-hydrogen) atoms. The van der Waals surface area contributed by atoms with E-state index < -0.39 is 11.6 Å². The van der Waals surface area contributed by atoms with Crippen LogP contribution in [0.15, 0.2) is 23.1 Å². The van der Waals surface area contributed by atoms with Gasteiger partial charge >= 0.3 is 0 Å². The average Bonchev–Trinajstić information content (AvgIpc) is 3.17. The van der Waals surface area contributed by atoms with Gasteiger partial charge in [0.2, 0.25) is 0 Å². The highest BCUT2D eigenvalue weighted by Crippen LogP contribution is 2.28. The summed E-state index contributed by atoms with van der Waals surface area (Å²) >= 11 is 1.28. The van der Waals surface area contributed by atoms with Gasteiger partial charge in [-0.25, -0.2) is 8.78 Å². The van der Waals surface area contributed by atoms with E-state index in [1.54, 1.807) is 0 Å². The number of aliphatic hydroxyl groups excluding tert-OH is 1. The molecule has 2 N–H and O–H groups in total. The Labute approximate surface area is 116 Å². The van der Waals surface area contributed by atoms with Crippen LogP contribution >= 0.6 is 11.8 Å². The van der Waals surface area contributed by atoms with E-state index in [-0.39, 0.29) is 12.1 Å². The van der Waals surface area contributed by atoms with Crippen LogP contribution in [0.3, 0.4) is 0 Å². The van der Waals surface area contributed by atoms with Gasteiger partial charge in [0.15, 0.2) is 0 Å². The third kappa shape index (κ3) is 4.44. The van der Waals surface area contributed by atoms with Gasteiger partial charge in [-0.1, -0.05) is 0 Å². The van der Waals surface area contributed by atoms with Crippen LogP contribution in [0.4, 0.5) is 8.78 Å². The summed E-state index contributed by atoms with van der Waals surface area (Å²) in [5, 5.41) is 12.9. The van der Waals surface area contributed by atoms with Crippen molar-refractivity contribution in [1.82, 2.24) is 5.32 Å². The van der Waals surface area contributed by atoms with Gasteiger partial charge in [-0.05, 0) is 50.1 Å². The van der Waals surface area contributed by atoms with Crippen molar-refractivity contribution in [2.24, 2.45) is 0 Å². The fraction of sp³-hybridized carbons (Fsp3) is 0.571. The minimum absolute atomic E-state index is 0.0513. The van der Waals surface area contributed by atoms with Gasteiger partial charge in [0.25, 0.3) is 0 Å². The second-order valence-corrected chi connectivity index (χ2v) is 6.45. The standard InChI is InChI=1S/C14H19F2NOS/c1-14(9-18,17-11-3-4-11)6-7-19-13-8-10(15)2-5-12(13)16/h2,5,8,11,17-18H,3-4,6-7,9H2,1H3. The maximum absolute atomic E-state index is 13.4. The van der Waals surface area contributed by atoms with E-state index in [0.29, 0.717) is 23.1 Å². The Balaban J connectivity index is 1.85. The van der Waals surface area contributed by atoms with E-state index in [0.717, 1.165) is 25.0 Å². The topological polar surface area (TPSA) is 32.3 Å². The maximum atomic E-state index is 13.4. The molecule has 0 spiro atoms. The summed E-state index contributed by atoms with van der Waals surface area (Å²) in [4.78, 5) is 0.326. The zero-order valence-electron chi connectivity index (χ0n) is 11.0. The Bertz CT molecular complexity index is 439. The predicted molar refractivity (Wildman–Crippen MR) is 73.3 cm³/mol. The first-order valence-corrected chi connectivity index (χ1v) is 7.47. The van der Waals surface area contributed by atoms with E-state index in [4.69, 9.17) is 0 Å². The molecule has 1 saturated carbocycles. The number of hydrogen-bond donors (Lipinski definition) is 2. The molecule has 1 aromatic rings. The van der Waals surface area contributed by atoms with Gasteiger partial charge in [0.1, 0.15) is 11.6 Å². The highest BCUT2D eigenvalue weighted by molar-refractivity contribution is 7.99. The molecular weight excluding hydrogens is 268 g/mol. The largest absolute Gasteiger partial charge is 0.394 e. The van der Waals surface area contributed by atoms with Crippen LogP contribution in [0, 0.1) is 11.6 Å². The summed E-state index contributed by atoms with van der Waals surface area (Å²) in [6.07, 6.45) is 3.02. The number of rotatable bonds is 7. The van der Waals surface area contributed by atoms with Crippen molar-refractivity contribution in [3.8, 4) is 0 Å². The Morgan fingerprint density at radius 3 is 2.79 bits per heavy atom. The number of benzene rings is 1. The third-order valence-corrected chi connectivity index (χ3v) is 4.32. The van der Waals surface area contributed by atoms with Crippen molar-refractivity contribution in [2.75, 3.05) is 12.4 Å². The van der Waals surface area contributed by atoms with Crippen LogP contribution in [0.1, 0.15) is 26.2 Å². The SMILES string of the molecule is CC(CO)(CCSc1cc(F)ccc1F)NC1CC1. The normalized spacial score (nSPS) is 18.3. The zero-order valence-corrected chi connectivity index (χ0v) is 11.8. The van der Waals surface area contributed by atoms with E-state index in [2.05, 4.69) is 5.32 Å². The van der Waals surface area contributed by atoms with Gasteiger partial charge < -0.3 is 10.4 Å². The summed E-state index contributed by atoms with van der Waals surface area (Å²) in [5.41, 5.74) is -0.335. The Morgan fingerprint density at radius 1 is 1.42 bits per heavy atom. The molecule has 1 fully saturated rings. The number of halogens is 2. The Kier molecular flexibility index (Phi) is 4.81. The molecule has 0 heterocycles. The van der Waals surface area contributed by atoms with Crippen molar-refractivity contribution in [3.63, 3.8) is 0 Å². The molecule has 0 bridgehead atoms. The number of hydrogen-bond acceptors (Lipinski definition) is 3. The lowest BCUT2D eigenvalue weighted by atomic mass is 10.0. The minimum atomic E-state index is -0.426. The Hall–Kier alpha value is -0.650. The molecule has 0 radical (unpaired) electrons. The quantitative estimate of drug-likeness (QED) is 0.756. The summed E-state index contributed by atoms with van der Waals surface area (Å²) < 4.78 is 26.5. The first-order chi connectivity index (χ1) is 9.02. The van der Waals surface area contributed by atoms with Crippen LogP contribution in [0.2, 0.25) is 0 Å². The summed E-state index contributed by atoms with van der Waals surface area (Å²) in [5.74, 6) is -0.186. The first kappa shape index (κ1) is 14.8. The van der Waals surface area contributed by atoms with Crippen LogP contribution in [0.25, 0.3) is 0 Å². The summed E-state index contributed by atoms with van der Waals surface area (Å²) in [6.45, 7) is 2.02. The molecule has 1 atom stereocenters. The molecule has 1 aliphatic carbocycles. The van der Waals surface area contributed by atoms with E-state index in [9.17, 15) is 13.9 Å². The smallest absolute Gasteiger partial charge is 0.136 e. The second-order valence-electron chi connectivity index (χ2n) is 5.31. The molecule has 0 aromatic heterocycles. The molecule has 5 heteroatoms. The molecule has 0 amide bonds. The third-order valence-electron chi connectivity index (χ3n) is 3.28. The van der Waals surface area contributed by atoms with E-state index in [1.807, 2.05) is 6.92 Å². The molecule has 2 nitrogen and oxygen atoms in total. The number of nitrogens with one attached hydrogen (secondary N) is 1. The molecule has 1 unspecified atom stereocenters. The fourth-order valence-corrected chi connectivity index (χ4v) is 3.07. The minimum Gasteiger partial charge on any atom is -0.394 e. The number of thioether (sulfide) groups is 1. The first-order valence-electron chi connectivity index (χ1n) is 6.49. The van der Waals surface area contributed by atoms with Crippen LogP contribution < -0.4 is 5.32 Å². The van der Waals surface area contributed by atoms with E-state index >= 15 is 0 Å². The van der Waals surface area contributed by atoms with Gasteiger partial charge in [-0.3, -0.25) is 0 Å². The van der Waals surface area contributed by atoms with Crippen molar-refractivity contribution in [2.45, 2.75) is 42.7 Å². The highest BCUT2D eigenvalue weighted by Gasteiger charge is 2.31. The monoisotopic (exact) mass is 287 g/mol. The lowest BCUT2D eigenvalue weighted by Gasteiger charge is -2.28. The molecule has 1 aliphatic rings. The van der Waals surface area contributed by atoms with Gasteiger partial charge in [0.05, 0.1) is 6.61 Å². The van der Waals surface area contributed by atoms with Gasteiger partial charge in [0, 0.05) is 16.5 Å². The van der Waals surface area contributed by atoms with Crippen molar-refractivity contribution < 1.29 is 13.9 Å². The number of aliphatic hydroxyl groups is 1. The second kappa shape index (κ2) is 6.20. The maximum Gasteiger partial charge on any atom is 0.136 e. The lowest BCUT2D eigenvalue weighted by Crippen LogP contribution is -2.47. The molecule has 0 aliphatic heterocycles. The van der Waals surface area contributed by atoms with Gasteiger partial charge in [-0.15, -0.1) is 11.8 Å². The van der Waals surface area contributed by atoms with Crippen LogP contribution in [-0.2, 0) is 0 Å². The molecule has 0 saturated heterocycles. The van der Waals surface area contributed by atoms with Crippen molar-refractivity contribution >= 4 is 11.8 Å². The predicted octanol–water partition coefficient (Wildman–Crippen LogP) is 2.95. The van der Waals surface area contributed by atoms with E-state index in [1.165, 1.54) is 17.8 Å². The fourth-order valence-electron chi connectivity index (χ4n) is 1.89. The summed E-state index contributed by atoms with van der Waals surface area (Å²) in [6, 6.07) is 3.98. The zero-order chi connectivity index (χ0) is 13.9.